The fourth-order valence-corrected chi connectivity index (χ4v) is 1.17. The number of aromatic nitrogens is 1. The Labute approximate surface area is 65.6 Å². The van der Waals surface area contributed by atoms with Crippen molar-refractivity contribution in [3.05, 3.63) is 22.7 Å². The minimum Gasteiger partial charge on any atom is -0.384 e. The predicted molar refractivity (Wildman–Crippen MR) is 42.6 cm³/mol. The largest absolute Gasteiger partial charge is 0.384 e. The van der Waals surface area contributed by atoms with Crippen LogP contribution in [0.4, 0.5) is 0 Å². The standard InChI is InChI=1S/C8H13NO2/c1-3-7(4-2)9-8(10)5-6-11-9/h5-7H,3-4H2,1-2H3. The number of rotatable bonds is 3. The van der Waals surface area contributed by atoms with Crippen LogP contribution in [0.25, 0.3) is 0 Å². The summed E-state index contributed by atoms with van der Waals surface area (Å²) in [4.78, 5) is 11.0. The van der Waals surface area contributed by atoms with Crippen LogP contribution in [0.5, 0.6) is 0 Å². The molecule has 0 unspecified atom stereocenters. The maximum atomic E-state index is 11.0. The van der Waals surface area contributed by atoms with Crippen LogP contribution in [-0.2, 0) is 0 Å². The van der Waals surface area contributed by atoms with Crippen molar-refractivity contribution < 1.29 is 4.52 Å². The van der Waals surface area contributed by atoms with Crippen LogP contribution in [0.2, 0.25) is 0 Å². The van der Waals surface area contributed by atoms with Gasteiger partial charge in [0.25, 0.3) is 5.56 Å². The van der Waals surface area contributed by atoms with Crippen LogP contribution >= 0.6 is 0 Å². The molecule has 0 saturated carbocycles. The van der Waals surface area contributed by atoms with E-state index in [1.54, 1.807) is 0 Å². The monoisotopic (exact) mass is 155 g/mol. The van der Waals surface area contributed by atoms with Gasteiger partial charge in [0.2, 0.25) is 0 Å². The molecule has 0 aliphatic carbocycles. The van der Waals surface area contributed by atoms with Crippen LogP contribution in [0, 0.1) is 0 Å². The molecule has 0 amide bonds. The highest BCUT2D eigenvalue weighted by atomic mass is 16.5. The minimum absolute atomic E-state index is 0.0429. The molecule has 3 heteroatoms. The van der Waals surface area contributed by atoms with E-state index >= 15 is 0 Å². The van der Waals surface area contributed by atoms with Gasteiger partial charge in [-0.05, 0) is 12.8 Å². The van der Waals surface area contributed by atoms with Crippen molar-refractivity contribution >= 4 is 0 Å². The molecule has 1 rings (SSSR count). The first-order valence-corrected chi connectivity index (χ1v) is 3.96. The van der Waals surface area contributed by atoms with Crippen LogP contribution in [-0.4, -0.2) is 4.74 Å². The summed E-state index contributed by atoms with van der Waals surface area (Å²) >= 11 is 0. The Balaban J connectivity index is 2.90. The minimum atomic E-state index is -0.0429. The average molecular weight is 155 g/mol. The smallest absolute Gasteiger partial charge is 0.282 e. The molecule has 0 saturated heterocycles. The fourth-order valence-electron chi connectivity index (χ4n) is 1.17. The van der Waals surface area contributed by atoms with Crippen molar-refractivity contribution in [1.82, 2.24) is 4.74 Å². The van der Waals surface area contributed by atoms with E-state index in [0.29, 0.717) is 0 Å². The van der Waals surface area contributed by atoms with Gasteiger partial charge in [0.05, 0.1) is 6.04 Å². The van der Waals surface area contributed by atoms with Gasteiger partial charge in [-0.2, -0.15) is 4.74 Å². The summed E-state index contributed by atoms with van der Waals surface area (Å²) in [5.41, 5.74) is -0.0429. The van der Waals surface area contributed by atoms with Crippen molar-refractivity contribution in [2.45, 2.75) is 32.7 Å². The van der Waals surface area contributed by atoms with Crippen molar-refractivity contribution in [1.29, 1.82) is 0 Å². The number of hydrogen-bond donors (Lipinski definition) is 0. The maximum absolute atomic E-state index is 11.0. The summed E-state index contributed by atoms with van der Waals surface area (Å²) < 4.78 is 6.44. The molecule has 3 nitrogen and oxygen atoms in total. The van der Waals surface area contributed by atoms with Gasteiger partial charge in [-0.25, -0.2) is 0 Å². The molecule has 0 N–H and O–H groups in total. The number of nitrogens with zero attached hydrogens (tertiary/aromatic N) is 1. The predicted octanol–water partition coefficient (Wildman–Crippen LogP) is 1.80. The zero-order valence-electron chi connectivity index (χ0n) is 6.91. The third-order valence-corrected chi connectivity index (χ3v) is 1.88. The van der Waals surface area contributed by atoms with E-state index in [4.69, 9.17) is 4.52 Å². The molecule has 1 aromatic heterocycles. The first kappa shape index (κ1) is 8.11. The quantitative estimate of drug-likeness (QED) is 0.667. The van der Waals surface area contributed by atoms with Gasteiger partial charge >= 0.3 is 0 Å². The lowest BCUT2D eigenvalue weighted by Crippen LogP contribution is -2.18. The van der Waals surface area contributed by atoms with Gasteiger partial charge in [0, 0.05) is 6.07 Å². The van der Waals surface area contributed by atoms with Gasteiger partial charge < -0.3 is 4.52 Å². The van der Waals surface area contributed by atoms with Gasteiger partial charge in [0.15, 0.2) is 0 Å². The van der Waals surface area contributed by atoms with Gasteiger partial charge in [-0.1, -0.05) is 13.8 Å². The third kappa shape index (κ3) is 1.53. The third-order valence-electron chi connectivity index (χ3n) is 1.88. The first-order chi connectivity index (χ1) is 5.29. The lowest BCUT2D eigenvalue weighted by atomic mass is 10.2. The van der Waals surface area contributed by atoms with Crippen molar-refractivity contribution in [2.75, 3.05) is 0 Å². The summed E-state index contributed by atoms with van der Waals surface area (Å²) in [5.74, 6) is 0. The zero-order chi connectivity index (χ0) is 8.27. The van der Waals surface area contributed by atoms with E-state index in [2.05, 4.69) is 0 Å². The normalized spacial score (nSPS) is 10.8. The summed E-state index contributed by atoms with van der Waals surface area (Å²) in [6.45, 7) is 4.09. The molecule has 0 radical (unpaired) electrons. The van der Waals surface area contributed by atoms with Crippen molar-refractivity contribution in [3.63, 3.8) is 0 Å². The molecule has 0 atom stereocenters. The molecule has 62 valence electrons. The fraction of sp³-hybridized carbons (Fsp3) is 0.625. The highest BCUT2D eigenvalue weighted by molar-refractivity contribution is 4.78. The van der Waals surface area contributed by atoms with E-state index in [9.17, 15) is 4.79 Å². The summed E-state index contributed by atoms with van der Waals surface area (Å²) in [6.07, 6.45) is 3.30. The maximum Gasteiger partial charge on any atom is 0.282 e. The molecule has 11 heavy (non-hydrogen) atoms. The molecule has 0 spiro atoms. The highest BCUT2D eigenvalue weighted by Crippen LogP contribution is 2.11. The van der Waals surface area contributed by atoms with Gasteiger partial charge in [0.1, 0.15) is 6.26 Å². The topological polar surface area (TPSA) is 35.1 Å². The van der Waals surface area contributed by atoms with E-state index in [1.807, 2.05) is 13.8 Å². The Morgan fingerprint density at radius 1 is 1.55 bits per heavy atom. The highest BCUT2D eigenvalue weighted by Gasteiger charge is 2.08. The Hall–Kier alpha value is -0.990. The number of hydrogen-bond acceptors (Lipinski definition) is 2. The van der Waals surface area contributed by atoms with E-state index in [1.165, 1.54) is 17.1 Å². The van der Waals surface area contributed by atoms with E-state index in [0.717, 1.165) is 12.8 Å². The second kappa shape index (κ2) is 3.42. The molecule has 0 aromatic carbocycles. The Bertz CT molecular complexity index is 257. The Morgan fingerprint density at radius 3 is 2.55 bits per heavy atom. The van der Waals surface area contributed by atoms with Crippen molar-refractivity contribution in [3.8, 4) is 0 Å². The van der Waals surface area contributed by atoms with Crippen LogP contribution in [0.3, 0.4) is 0 Å². The molecular weight excluding hydrogens is 142 g/mol. The molecule has 1 heterocycles. The van der Waals surface area contributed by atoms with Crippen molar-refractivity contribution in [2.24, 2.45) is 0 Å². The van der Waals surface area contributed by atoms with Crippen LogP contribution in [0.1, 0.15) is 32.7 Å². The lowest BCUT2D eigenvalue weighted by molar-refractivity contribution is 0.201. The zero-order valence-corrected chi connectivity index (χ0v) is 6.91. The van der Waals surface area contributed by atoms with E-state index < -0.39 is 0 Å². The molecule has 0 aliphatic heterocycles. The Morgan fingerprint density at radius 2 is 2.18 bits per heavy atom. The Kier molecular flexibility index (Phi) is 2.52. The lowest BCUT2D eigenvalue weighted by Gasteiger charge is -2.09. The first-order valence-electron chi connectivity index (χ1n) is 3.96. The summed E-state index contributed by atoms with van der Waals surface area (Å²) in [7, 11) is 0. The molecule has 0 aliphatic rings. The molecular formula is C8H13NO2. The average Bonchev–Trinajstić information content (AvgIpc) is 2.40. The molecule has 0 fully saturated rings. The second-order valence-electron chi connectivity index (χ2n) is 2.54. The summed E-state index contributed by atoms with van der Waals surface area (Å²) in [5, 5.41) is 0. The molecule has 1 aromatic rings. The van der Waals surface area contributed by atoms with Gasteiger partial charge in [-0.15, -0.1) is 0 Å². The summed E-state index contributed by atoms with van der Waals surface area (Å²) in [6, 6.07) is 1.66. The van der Waals surface area contributed by atoms with Crippen LogP contribution < -0.4 is 5.56 Å². The second-order valence-corrected chi connectivity index (χ2v) is 2.54. The molecule has 0 bridgehead atoms. The van der Waals surface area contributed by atoms with E-state index in [-0.39, 0.29) is 11.6 Å². The SMILES string of the molecule is CCC(CC)n1occc1=O. The van der Waals surface area contributed by atoms with Gasteiger partial charge in [-0.3, -0.25) is 4.79 Å². The van der Waals surface area contributed by atoms with Crippen LogP contribution in [0.15, 0.2) is 21.6 Å².